The van der Waals surface area contributed by atoms with Crippen molar-refractivity contribution in [2.45, 2.75) is 6.54 Å². The third kappa shape index (κ3) is 3.29. The predicted octanol–water partition coefficient (Wildman–Crippen LogP) is 5.93. The van der Waals surface area contributed by atoms with Crippen LogP contribution in [0.25, 0.3) is 32.9 Å². The molecule has 0 aliphatic heterocycles. The molecule has 0 bridgehead atoms. The summed E-state index contributed by atoms with van der Waals surface area (Å²) in [6.07, 6.45) is 1.45. The summed E-state index contributed by atoms with van der Waals surface area (Å²) < 4.78 is 5.56. The molecule has 1 heterocycles. The number of aromatic hydroxyl groups is 1. The summed E-state index contributed by atoms with van der Waals surface area (Å²) in [7, 11) is 0. The first-order chi connectivity index (χ1) is 14.7. The Balaban J connectivity index is 1.39. The Morgan fingerprint density at radius 1 is 0.833 bits per heavy atom. The highest BCUT2D eigenvalue weighted by molar-refractivity contribution is 5.86. The van der Waals surface area contributed by atoms with E-state index >= 15 is 0 Å². The van der Waals surface area contributed by atoms with Crippen LogP contribution in [0, 0.1) is 0 Å². The van der Waals surface area contributed by atoms with Crippen LogP contribution in [-0.2, 0) is 6.54 Å². The highest BCUT2D eigenvalue weighted by Crippen LogP contribution is 2.24. The topological polar surface area (TPSA) is 62.5 Å². The van der Waals surface area contributed by atoms with E-state index in [0.717, 1.165) is 11.3 Å². The van der Waals surface area contributed by atoms with Gasteiger partial charge < -0.3 is 14.8 Å². The second kappa shape index (κ2) is 7.41. The summed E-state index contributed by atoms with van der Waals surface area (Å²) >= 11 is 0. The molecule has 0 saturated carbocycles. The number of phenols is 1. The van der Waals surface area contributed by atoms with Gasteiger partial charge in [0, 0.05) is 18.3 Å². The molecule has 0 atom stereocenters. The van der Waals surface area contributed by atoms with Crippen LogP contribution in [-0.4, -0.2) is 5.11 Å². The molecule has 0 amide bonds. The van der Waals surface area contributed by atoms with Gasteiger partial charge in [-0.3, -0.25) is 4.79 Å². The van der Waals surface area contributed by atoms with E-state index in [1.165, 1.54) is 34.7 Å². The number of phenolic OH excluding ortho intramolecular Hbond substituents is 1. The van der Waals surface area contributed by atoms with Crippen molar-refractivity contribution in [3.05, 3.63) is 107 Å². The summed E-state index contributed by atoms with van der Waals surface area (Å²) in [5, 5.41) is 15.9. The molecule has 30 heavy (non-hydrogen) atoms. The fraction of sp³-hybridized carbons (Fsp3) is 0.0385. The quantitative estimate of drug-likeness (QED) is 0.397. The molecule has 5 rings (SSSR count). The Bertz CT molecular complexity index is 1410. The van der Waals surface area contributed by atoms with Gasteiger partial charge in [-0.15, -0.1) is 0 Å². The standard InChI is InChI=1S/C26H19NO3/c28-21-12-13-23-25(14-21)30-16-24(26(23)29)18-8-10-20(11-9-18)27-15-19-6-3-5-17-4-1-2-7-22(17)19/h1-14,16,27-28H,15H2. The lowest BCUT2D eigenvalue weighted by Crippen LogP contribution is -2.05. The van der Waals surface area contributed by atoms with Crippen molar-refractivity contribution >= 4 is 27.4 Å². The molecule has 4 aromatic carbocycles. The van der Waals surface area contributed by atoms with E-state index in [-0.39, 0.29) is 11.2 Å². The van der Waals surface area contributed by atoms with Crippen molar-refractivity contribution in [2.24, 2.45) is 0 Å². The van der Waals surface area contributed by atoms with E-state index in [1.54, 1.807) is 6.07 Å². The van der Waals surface area contributed by atoms with Gasteiger partial charge in [0.25, 0.3) is 0 Å². The Labute approximate surface area is 173 Å². The van der Waals surface area contributed by atoms with Gasteiger partial charge in [-0.1, -0.05) is 54.6 Å². The first kappa shape index (κ1) is 18.0. The third-order valence-electron chi connectivity index (χ3n) is 5.32. The molecule has 0 aliphatic carbocycles. The summed E-state index contributed by atoms with van der Waals surface area (Å²) in [5.41, 5.74) is 3.74. The lowest BCUT2D eigenvalue weighted by Gasteiger charge is -2.10. The molecule has 4 nitrogen and oxygen atoms in total. The Kier molecular flexibility index (Phi) is 4.45. The van der Waals surface area contributed by atoms with E-state index in [2.05, 4.69) is 41.7 Å². The van der Waals surface area contributed by atoms with Crippen LogP contribution in [0.5, 0.6) is 5.75 Å². The van der Waals surface area contributed by atoms with Gasteiger partial charge in [-0.25, -0.2) is 0 Å². The molecule has 1 aromatic heterocycles. The van der Waals surface area contributed by atoms with Gasteiger partial charge in [-0.05, 0) is 46.2 Å². The van der Waals surface area contributed by atoms with Gasteiger partial charge in [0.15, 0.2) is 5.43 Å². The largest absolute Gasteiger partial charge is 0.508 e. The van der Waals surface area contributed by atoms with E-state index in [4.69, 9.17) is 4.42 Å². The molecular formula is C26H19NO3. The van der Waals surface area contributed by atoms with E-state index in [1.807, 2.05) is 30.3 Å². The molecule has 0 aliphatic rings. The monoisotopic (exact) mass is 393 g/mol. The fourth-order valence-electron chi connectivity index (χ4n) is 3.73. The molecule has 146 valence electrons. The number of hydrogen-bond donors (Lipinski definition) is 2. The second-order valence-electron chi connectivity index (χ2n) is 7.23. The predicted molar refractivity (Wildman–Crippen MR) is 121 cm³/mol. The van der Waals surface area contributed by atoms with Crippen LogP contribution in [0.15, 0.2) is 100 Å². The number of hydrogen-bond acceptors (Lipinski definition) is 4. The van der Waals surface area contributed by atoms with Crippen molar-refractivity contribution in [1.82, 2.24) is 0 Å². The minimum atomic E-state index is -0.118. The van der Waals surface area contributed by atoms with E-state index in [0.29, 0.717) is 23.1 Å². The van der Waals surface area contributed by atoms with Crippen LogP contribution in [0.2, 0.25) is 0 Å². The molecule has 0 unspecified atom stereocenters. The number of anilines is 1. The maximum Gasteiger partial charge on any atom is 0.200 e. The first-order valence-electron chi connectivity index (χ1n) is 9.74. The summed E-state index contributed by atoms with van der Waals surface area (Å²) in [4.78, 5) is 12.8. The summed E-state index contributed by atoms with van der Waals surface area (Å²) in [5.74, 6) is 0.0695. The zero-order valence-corrected chi connectivity index (χ0v) is 16.1. The van der Waals surface area contributed by atoms with Gasteiger partial charge in [-0.2, -0.15) is 0 Å². The molecular weight excluding hydrogens is 374 g/mol. The second-order valence-corrected chi connectivity index (χ2v) is 7.23. The van der Waals surface area contributed by atoms with Crippen LogP contribution < -0.4 is 10.7 Å². The maximum atomic E-state index is 12.8. The lowest BCUT2D eigenvalue weighted by atomic mass is 10.0. The number of benzene rings is 4. The molecule has 4 heteroatoms. The van der Waals surface area contributed by atoms with Crippen molar-refractivity contribution in [3.8, 4) is 16.9 Å². The van der Waals surface area contributed by atoms with Crippen LogP contribution in [0.3, 0.4) is 0 Å². The molecule has 0 radical (unpaired) electrons. The highest BCUT2D eigenvalue weighted by atomic mass is 16.3. The summed E-state index contributed by atoms with van der Waals surface area (Å²) in [6, 6.07) is 26.9. The zero-order valence-electron chi connectivity index (χ0n) is 16.1. The average Bonchev–Trinajstić information content (AvgIpc) is 2.78. The van der Waals surface area contributed by atoms with Gasteiger partial charge in [0.2, 0.25) is 0 Å². The van der Waals surface area contributed by atoms with Crippen LogP contribution >= 0.6 is 0 Å². The SMILES string of the molecule is O=c1c(-c2ccc(NCc3cccc4ccccc34)cc2)coc2cc(O)ccc12. The Hall–Kier alpha value is -4.05. The summed E-state index contributed by atoms with van der Waals surface area (Å²) in [6.45, 7) is 0.711. The van der Waals surface area contributed by atoms with Crippen molar-refractivity contribution in [2.75, 3.05) is 5.32 Å². The molecule has 0 fully saturated rings. The average molecular weight is 393 g/mol. The van der Waals surface area contributed by atoms with Crippen molar-refractivity contribution < 1.29 is 9.52 Å². The van der Waals surface area contributed by atoms with Gasteiger partial charge in [0.1, 0.15) is 17.6 Å². The molecule has 5 aromatic rings. The minimum absolute atomic E-state index is 0.0695. The van der Waals surface area contributed by atoms with Crippen molar-refractivity contribution in [3.63, 3.8) is 0 Å². The molecule has 2 N–H and O–H groups in total. The zero-order chi connectivity index (χ0) is 20.5. The van der Waals surface area contributed by atoms with Crippen LogP contribution in [0.4, 0.5) is 5.69 Å². The maximum absolute atomic E-state index is 12.8. The number of fused-ring (bicyclic) bond motifs is 2. The molecule has 0 saturated heterocycles. The number of nitrogens with one attached hydrogen (secondary N) is 1. The minimum Gasteiger partial charge on any atom is -0.508 e. The van der Waals surface area contributed by atoms with E-state index < -0.39 is 0 Å². The van der Waals surface area contributed by atoms with E-state index in [9.17, 15) is 9.90 Å². The highest BCUT2D eigenvalue weighted by Gasteiger charge is 2.10. The van der Waals surface area contributed by atoms with Gasteiger partial charge >= 0.3 is 0 Å². The fourth-order valence-corrected chi connectivity index (χ4v) is 3.73. The lowest BCUT2D eigenvalue weighted by molar-refractivity contribution is 0.474. The van der Waals surface area contributed by atoms with Crippen LogP contribution in [0.1, 0.15) is 5.56 Å². The smallest absolute Gasteiger partial charge is 0.200 e. The normalized spacial score (nSPS) is 11.1. The van der Waals surface area contributed by atoms with Gasteiger partial charge in [0.05, 0.1) is 10.9 Å². The molecule has 0 spiro atoms. The third-order valence-corrected chi connectivity index (χ3v) is 5.32. The van der Waals surface area contributed by atoms with Crippen molar-refractivity contribution in [1.29, 1.82) is 0 Å². The Morgan fingerprint density at radius 3 is 2.50 bits per heavy atom. The number of rotatable bonds is 4. The first-order valence-corrected chi connectivity index (χ1v) is 9.74. The Morgan fingerprint density at radius 2 is 1.63 bits per heavy atom.